The Morgan fingerprint density at radius 2 is 1.60 bits per heavy atom. The van der Waals surface area contributed by atoms with E-state index in [1.807, 2.05) is 0 Å². The minimum atomic E-state index is -1.09. The number of hydrogen-bond donors (Lipinski definition) is 2. The summed E-state index contributed by atoms with van der Waals surface area (Å²) in [6.07, 6.45) is -0.778. The summed E-state index contributed by atoms with van der Waals surface area (Å²) in [5, 5.41) is 17.1. The Balaban J connectivity index is 0.000000621. The van der Waals surface area contributed by atoms with Crippen LogP contribution in [0.3, 0.4) is 0 Å². The third kappa shape index (κ3) is 6.84. The number of rotatable bonds is 4. The highest BCUT2D eigenvalue weighted by molar-refractivity contribution is 6.43. The Morgan fingerprint density at radius 3 is 2.00 bits per heavy atom. The second-order valence-electron chi connectivity index (χ2n) is 3.54. The zero-order valence-corrected chi connectivity index (χ0v) is 13.0. The fourth-order valence-electron chi connectivity index (χ4n) is 0.835. The Hall–Kier alpha value is -1.17. The molecular weight excluding hydrogens is 330 g/mol. The monoisotopic (exact) mass is 342 g/mol. The minimum absolute atomic E-state index is 0.195. The van der Waals surface area contributed by atoms with Crippen molar-refractivity contribution in [1.82, 2.24) is 0 Å². The van der Waals surface area contributed by atoms with E-state index in [4.69, 9.17) is 49.8 Å². The predicted octanol–water partition coefficient (Wildman–Crippen LogP) is 3.98. The number of aliphatic carboxylic acids is 2. The summed E-state index contributed by atoms with van der Waals surface area (Å²) >= 11 is 17.2. The van der Waals surface area contributed by atoms with Crippen molar-refractivity contribution in [2.75, 3.05) is 0 Å². The molecule has 0 aromatic heterocycles. The molecule has 8 heteroatoms. The van der Waals surface area contributed by atoms with Crippen LogP contribution in [0.2, 0.25) is 15.1 Å². The average molecular weight is 344 g/mol. The lowest BCUT2D eigenvalue weighted by molar-refractivity contribution is -0.144. The zero-order valence-electron chi connectivity index (χ0n) is 10.7. The van der Waals surface area contributed by atoms with Crippen LogP contribution >= 0.6 is 34.8 Å². The van der Waals surface area contributed by atoms with E-state index in [-0.39, 0.29) is 27.2 Å². The molecule has 1 unspecified atom stereocenters. The second kappa shape index (κ2) is 8.89. The summed E-state index contributed by atoms with van der Waals surface area (Å²) in [4.78, 5) is 19.9. The first kappa shape index (κ1) is 18.8. The van der Waals surface area contributed by atoms with Crippen LogP contribution in [-0.2, 0) is 9.59 Å². The molecule has 2 N–H and O–H groups in total. The molecule has 0 aliphatic heterocycles. The van der Waals surface area contributed by atoms with Crippen LogP contribution in [0.1, 0.15) is 20.3 Å². The van der Waals surface area contributed by atoms with Crippen molar-refractivity contribution in [3.8, 4) is 5.75 Å². The number of carbonyl (C=O) groups is 2. The lowest BCUT2D eigenvalue weighted by atomic mass is 10.3. The highest BCUT2D eigenvalue weighted by Gasteiger charge is 2.15. The predicted molar refractivity (Wildman–Crippen MR) is 77.1 cm³/mol. The normalized spacial score (nSPS) is 11.1. The van der Waals surface area contributed by atoms with Gasteiger partial charge in [0.15, 0.2) is 6.10 Å². The van der Waals surface area contributed by atoms with Gasteiger partial charge in [-0.2, -0.15) is 0 Å². The SMILES string of the molecule is CC(Oc1cc(Cl)c(Cl)cc1Cl)C(=O)O.CCC(=O)O. The van der Waals surface area contributed by atoms with E-state index in [0.29, 0.717) is 0 Å². The molecule has 0 aliphatic rings. The van der Waals surface area contributed by atoms with Crippen LogP contribution in [0, 0.1) is 0 Å². The lowest BCUT2D eigenvalue weighted by Crippen LogP contribution is -2.22. The standard InChI is InChI=1S/C9H7Cl3O3.C3H6O2/c1-4(9(13)14)15-8-3-6(11)5(10)2-7(8)12;1-2-3(4)5/h2-4H,1H3,(H,13,14);2H2,1H3,(H,4,5). The largest absolute Gasteiger partial charge is 0.481 e. The molecule has 0 spiro atoms. The summed E-state index contributed by atoms with van der Waals surface area (Å²) in [5.41, 5.74) is 0. The van der Waals surface area contributed by atoms with Crippen molar-refractivity contribution in [3.05, 3.63) is 27.2 Å². The first-order chi connectivity index (χ1) is 9.18. The first-order valence-corrected chi connectivity index (χ1v) is 6.58. The molecule has 0 aliphatic carbocycles. The molecule has 1 atom stereocenters. The van der Waals surface area contributed by atoms with Gasteiger partial charge in [0.25, 0.3) is 0 Å². The summed E-state index contributed by atoms with van der Waals surface area (Å²) in [6.45, 7) is 2.99. The van der Waals surface area contributed by atoms with Gasteiger partial charge in [0.2, 0.25) is 0 Å². The molecule has 0 saturated carbocycles. The van der Waals surface area contributed by atoms with Gasteiger partial charge in [-0.3, -0.25) is 4.79 Å². The van der Waals surface area contributed by atoms with Gasteiger partial charge in [0.05, 0.1) is 15.1 Å². The highest BCUT2D eigenvalue weighted by Crippen LogP contribution is 2.34. The lowest BCUT2D eigenvalue weighted by Gasteiger charge is -2.12. The minimum Gasteiger partial charge on any atom is -0.481 e. The van der Waals surface area contributed by atoms with Gasteiger partial charge in [-0.1, -0.05) is 41.7 Å². The molecule has 0 amide bonds. The number of carboxylic acids is 2. The fraction of sp³-hybridized carbons (Fsp3) is 0.333. The van der Waals surface area contributed by atoms with Gasteiger partial charge in [0.1, 0.15) is 5.75 Å². The average Bonchev–Trinajstić information content (AvgIpc) is 2.36. The van der Waals surface area contributed by atoms with Crippen molar-refractivity contribution in [3.63, 3.8) is 0 Å². The van der Waals surface area contributed by atoms with Crippen molar-refractivity contribution >= 4 is 46.7 Å². The molecule has 112 valence electrons. The molecule has 0 bridgehead atoms. The van der Waals surface area contributed by atoms with Gasteiger partial charge in [-0.25, -0.2) is 4.79 Å². The van der Waals surface area contributed by atoms with E-state index in [2.05, 4.69) is 0 Å². The van der Waals surface area contributed by atoms with E-state index in [0.717, 1.165) is 0 Å². The highest BCUT2D eigenvalue weighted by atomic mass is 35.5. The maximum atomic E-state index is 10.5. The Morgan fingerprint density at radius 1 is 1.15 bits per heavy atom. The third-order valence-corrected chi connectivity index (χ3v) is 2.95. The van der Waals surface area contributed by atoms with Crippen molar-refractivity contribution in [2.45, 2.75) is 26.4 Å². The number of benzene rings is 1. The number of hydrogen-bond acceptors (Lipinski definition) is 3. The smallest absolute Gasteiger partial charge is 0.344 e. The molecule has 0 radical (unpaired) electrons. The summed E-state index contributed by atoms with van der Waals surface area (Å²) in [5.74, 6) is -1.64. The molecule has 1 aromatic carbocycles. The maximum Gasteiger partial charge on any atom is 0.344 e. The van der Waals surface area contributed by atoms with Crippen LogP contribution in [0.4, 0.5) is 0 Å². The van der Waals surface area contributed by atoms with Crippen molar-refractivity contribution in [1.29, 1.82) is 0 Å². The summed E-state index contributed by atoms with van der Waals surface area (Å²) in [6, 6.07) is 2.78. The molecule has 1 aromatic rings. The van der Waals surface area contributed by atoms with Crippen LogP contribution in [0.25, 0.3) is 0 Å². The number of ether oxygens (including phenoxy) is 1. The molecule has 0 saturated heterocycles. The molecule has 5 nitrogen and oxygen atoms in total. The maximum absolute atomic E-state index is 10.5. The first-order valence-electron chi connectivity index (χ1n) is 5.44. The quantitative estimate of drug-likeness (QED) is 0.808. The molecule has 0 fully saturated rings. The molecule has 0 heterocycles. The van der Waals surface area contributed by atoms with E-state index < -0.39 is 18.0 Å². The second-order valence-corrected chi connectivity index (χ2v) is 4.76. The number of halogens is 3. The van der Waals surface area contributed by atoms with Gasteiger partial charge in [0, 0.05) is 12.5 Å². The van der Waals surface area contributed by atoms with Crippen LogP contribution < -0.4 is 4.74 Å². The van der Waals surface area contributed by atoms with E-state index in [1.54, 1.807) is 6.92 Å². The Kier molecular flexibility index (Phi) is 8.37. The molecule has 1 rings (SSSR count). The third-order valence-electron chi connectivity index (χ3n) is 1.93. The topological polar surface area (TPSA) is 83.8 Å². The zero-order chi connectivity index (χ0) is 15.9. The van der Waals surface area contributed by atoms with E-state index in [1.165, 1.54) is 19.1 Å². The molecule has 20 heavy (non-hydrogen) atoms. The van der Waals surface area contributed by atoms with Gasteiger partial charge in [-0.05, 0) is 13.0 Å². The van der Waals surface area contributed by atoms with Crippen molar-refractivity contribution < 1.29 is 24.5 Å². The van der Waals surface area contributed by atoms with Gasteiger partial charge in [-0.15, -0.1) is 0 Å². The Labute approximate surface area is 131 Å². The van der Waals surface area contributed by atoms with Gasteiger partial charge < -0.3 is 14.9 Å². The van der Waals surface area contributed by atoms with Gasteiger partial charge >= 0.3 is 11.9 Å². The summed E-state index contributed by atoms with van der Waals surface area (Å²) in [7, 11) is 0. The van der Waals surface area contributed by atoms with Crippen molar-refractivity contribution in [2.24, 2.45) is 0 Å². The molecular formula is C12H13Cl3O5. The van der Waals surface area contributed by atoms with E-state index in [9.17, 15) is 9.59 Å². The van der Waals surface area contributed by atoms with Crippen LogP contribution in [-0.4, -0.2) is 28.3 Å². The summed E-state index contributed by atoms with van der Waals surface area (Å²) < 4.78 is 5.07. The number of carboxylic acid groups (broad SMARTS) is 2. The van der Waals surface area contributed by atoms with E-state index >= 15 is 0 Å². The van der Waals surface area contributed by atoms with Crippen LogP contribution in [0.5, 0.6) is 5.75 Å². The van der Waals surface area contributed by atoms with Crippen LogP contribution in [0.15, 0.2) is 12.1 Å². The Bertz CT molecular complexity index is 490. The fourth-order valence-corrected chi connectivity index (χ4v) is 1.42.